The monoisotopic (exact) mass is 334 g/mol. The van der Waals surface area contributed by atoms with E-state index in [1.54, 1.807) is 17.8 Å². The number of hydrogen-bond donors (Lipinski definition) is 1. The lowest BCUT2D eigenvalue weighted by atomic mass is 10.1. The number of thioether (sulfide) groups is 2. The SMILES string of the molecule is CSCc1nnc(SCc2nc3c(C)cccc3c(=O)[nH]2)o1. The molecule has 0 spiro atoms. The number of nitrogens with one attached hydrogen (secondary N) is 1. The van der Waals surface area contributed by atoms with Gasteiger partial charge in [-0.3, -0.25) is 4.79 Å². The summed E-state index contributed by atoms with van der Waals surface area (Å²) in [7, 11) is 0. The van der Waals surface area contributed by atoms with Crippen molar-refractivity contribution in [3.8, 4) is 0 Å². The third kappa shape index (κ3) is 3.17. The lowest BCUT2D eigenvalue weighted by Gasteiger charge is -2.03. The molecule has 22 heavy (non-hydrogen) atoms. The van der Waals surface area contributed by atoms with Crippen molar-refractivity contribution in [2.45, 2.75) is 23.7 Å². The second-order valence-corrected chi connectivity index (χ2v) is 6.46. The summed E-state index contributed by atoms with van der Waals surface area (Å²) in [6.07, 6.45) is 1.98. The van der Waals surface area contributed by atoms with Crippen molar-refractivity contribution in [2.75, 3.05) is 6.26 Å². The Labute approximate surface area is 135 Å². The van der Waals surface area contributed by atoms with E-state index in [1.807, 2.05) is 25.3 Å². The van der Waals surface area contributed by atoms with Gasteiger partial charge in [0.05, 0.1) is 22.4 Å². The smallest absolute Gasteiger partial charge is 0.277 e. The molecule has 0 aliphatic heterocycles. The van der Waals surface area contributed by atoms with Gasteiger partial charge in [0, 0.05) is 0 Å². The number of nitrogens with zero attached hydrogens (tertiary/aromatic N) is 3. The van der Waals surface area contributed by atoms with Gasteiger partial charge in [-0.2, -0.15) is 11.8 Å². The van der Waals surface area contributed by atoms with Gasteiger partial charge in [0.1, 0.15) is 5.82 Å². The Morgan fingerprint density at radius 1 is 1.27 bits per heavy atom. The van der Waals surface area contributed by atoms with Crippen molar-refractivity contribution in [3.05, 3.63) is 45.8 Å². The molecule has 0 amide bonds. The van der Waals surface area contributed by atoms with Crippen LogP contribution in [0.3, 0.4) is 0 Å². The number of benzene rings is 1. The van der Waals surface area contributed by atoms with Gasteiger partial charge in [0.2, 0.25) is 5.89 Å². The maximum absolute atomic E-state index is 12.1. The highest BCUT2D eigenvalue weighted by Crippen LogP contribution is 2.21. The number of H-pyrrole nitrogens is 1. The third-order valence-corrected chi connectivity index (χ3v) is 4.40. The van der Waals surface area contributed by atoms with Crippen molar-refractivity contribution in [1.82, 2.24) is 20.2 Å². The summed E-state index contributed by atoms with van der Waals surface area (Å²) in [4.78, 5) is 19.4. The second kappa shape index (κ2) is 6.53. The molecule has 0 radical (unpaired) electrons. The van der Waals surface area contributed by atoms with E-state index < -0.39 is 0 Å². The van der Waals surface area contributed by atoms with E-state index in [0.717, 1.165) is 11.1 Å². The van der Waals surface area contributed by atoms with E-state index in [0.29, 0.717) is 33.8 Å². The zero-order valence-corrected chi connectivity index (χ0v) is 13.8. The van der Waals surface area contributed by atoms with Crippen LogP contribution in [0.15, 0.2) is 32.6 Å². The second-order valence-electron chi connectivity index (χ2n) is 4.67. The number of rotatable bonds is 5. The average molecular weight is 334 g/mol. The van der Waals surface area contributed by atoms with E-state index in [4.69, 9.17) is 4.42 Å². The van der Waals surface area contributed by atoms with Crippen LogP contribution in [0.4, 0.5) is 0 Å². The van der Waals surface area contributed by atoms with Crippen LogP contribution in [0.25, 0.3) is 10.9 Å². The molecule has 0 saturated heterocycles. The van der Waals surface area contributed by atoms with Crippen molar-refractivity contribution < 1.29 is 4.42 Å². The Morgan fingerprint density at radius 3 is 2.95 bits per heavy atom. The minimum absolute atomic E-state index is 0.127. The topological polar surface area (TPSA) is 84.7 Å². The Hall–Kier alpha value is -1.80. The summed E-state index contributed by atoms with van der Waals surface area (Å²) < 4.78 is 5.49. The predicted octanol–water partition coefficient (Wildman–Crippen LogP) is 2.77. The molecule has 0 aliphatic rings. The first-order chi connectivity index (χ1) is 10.7. The van der Waals surface area contributed by atoms with Crippen LogP contribution < -0.4 is 5.56 Å². The highest BCUT2D eigenvalue weighted by molar-refractivity contribution is 7.98. The zero-order valence-electron chi connectivity index (χ0n) is 12.1. The fourth-order valence-corrected chi connectivity index (χ4v) is 3.04. The molecular weight excluding hydrogens is 320 g/mol. The van der Waals surface area contributed by atoms with Crippen molar-refractivity contribution in [1.29, 1.82) is 0 Å². The number of para-hydroxylation sites is 1. The minimum atomic E-state index is -0.127. The molecule has 0 fully saturated rings. The highest BCUT2D eigenvalue weighted by atomic mass is 32.2. The fraction of sp³-hybridized carbons (Fsp3) is 0.286. The third-order valence-electron chi connectivity index (χ3n) is 3.04. The summed E-state index contributed by atoms with van der Waals surface area (Å²) in [5, 5.41) is 9.00. The summed E-state index contributed by atoms with van der Waals surface area (Å²) in [5.74, 6) is 2.37. The molecule has 0 saturated carbocycles. The number of aromatic nitrogens is 4. The van der Waals surface area contributed by atoms with Crippen LogP contribution in [0, 0.1) is 6.92 Å². The number of aryl methyl sites for hydroxylation is 1. The molecule has 0 bridgehead atoms. The van der Waals surface area contributed by atoms with Crippen molar-refractivity contribution in [2.24, 2.45) is 0 Å². The van der Waals surface area contributed by atoms with Crippen molar-refractivity contribution in [3.63, 3.8) is 0 Å². The molecule has 6 nitrogen and oxygen atoms in total. The quantitative estimate of drug-likeness (QED) is 0.718. The molecule has 2 heterocycles. The van der Waals surface area contributed by atoms with E-state index in [1.165, 1.54) is 11.8 Å². The summed E-state index contributed by atoms with van der Waals surface area (Å²) in [6, 6.07) is 5.57. The van der Waals surface area contributed by atoms with E-state index in [9.17, 15) is 4.79 Å². The molecule has 1 aromatic carbocycles. The molecule has 3 aromatic rings. The Bertz CT molecular complexity index is 859. The summed E-state index contributed by atoms with van der Waals surface area (Å²) in [5.41, 5.74) is 1.59. The minimum Gasteiger partial charge on any atom is -0.415 e. The van der Waals surface area contributed by atoms with Crippen LogP contribution in [0.5, 0.6) is 0 Å². The van der Waals surface area contributed by atoms with Gasteiger partial charge in [-0.15, -0.1) is 10.2 Å². The summed E-state index contributed by atoms with van der Waals surface area (Å²) >= 11 is 2.98. The van der Waals surface area contributed by atoms with E-state index >= 15 is 0 Å². The highest BCUT2D eigenvalue weighted by Gasteiger charge is 2.09. The van der Waals surface area contributed by atoms with Crippen LogP contribution in [0.1, 0.15) is 17.3 Å². The normalized spacial score (nSPS) is 11.2. The van der Waals surface area contributed by atoms with Gasteiger partial charge in [-0.25, -0.2) is 4.98 Å². The number of fused-ring (bicyclic) bond motifs is 1. The first kappa shape index (κ1) is 15.1. The summed E-state index contributed by atoms with van der Waals surface area (Å²) in [6.45, 7) is 1.94. The lowest BCUT2D eigenvalue weighted by Crippen LogP contribution is -2.11. The molecule has 114 valence electrons. The standard InChI is InChI=1S/C14H14N4O2S2/c1-8-4-3-5-9-12(8)15-10(16-13(9)19)6-22-14-18-17-11(20-14)7-21-2/h3-5H,6-7H2,1-2H3,(H,15,16,19). The van der Waals surface area contributed by atoms with Gasteiger partial charge in [0.15, 0.2) is 0 Å². The average Bonchev–Trinajstić information content (AvgIpc) is 2.94. The largest absolute Gasteiger partial charge is 0.415 e. The Kier molecular flexibility index (Phi) is 4.49. The van der Waals surface area contributed by atoms with Gasteiger partial charge in [-0.1, -0.05) is 23.9 Å². The van der Waals surface area contributed by atoms with Crippen molar-refractivity contribution >= 4 is 34.4 Å². The molecule has 1 N–H and O–H groups in total. The predicted molar refractivity (Wildman–Crippen MR) is 88.2 cm³/mol. The maximum Gasteiger partial charge on any atom is 0.277 e. The zero-order chi connectivity index (χ0) is 15.5. The Morgan fingerprint density at radius 2 is 2.14 bits per heavy atom. The number of hydrogen-bond acceptors (Lipinski definition) is 7. The van der Waals surface area contributed by atoms with Crippen LogP contribution >= 0.6 is 23.5 Å². The molecule has 2 aromatic heterocycles. The fourth-order valence-electron chi connectivity index (χ4n) is 2.03. The molecule has 0 atom stereocenters. The lowest BCUT2D eigenvalue weighted by molar-refractivity contribution is 0.426. The molecule has 8 heteroatoms. The van der Waals surface area contributed by atoms with Crippen LogP contribution in [-0.4, -0.2) is 26.4 Å². The van der Waals surface area contributed by atoms with Gasteiger partial charge in [-0.05, 0) is 24.8 Å². The molecular formula is C14H14N4O2S2. The van der Waals surface area contributed by atoms with Gasteiger partial charge in [0.25, 0.3) is 10.8 Å². The first-order valence-corrected chi connectivity index (χ1v) is 8.98. The first-order valence-electron chi connectivity index (χ1n) is 6.60. The van der Waals surface area contributed by atoms with Crippen LogP contribution in [0.2, 0.25) is 0 Å². The number of aromatic amines is 1. The van der Waals surface area contributed by atoms with Gasteiger partial charge >= 0.3 is 0 Å². The molecule has 3 rings (SSSR count). The molecule has 0 unspecified atom stereocenters. The van der Waals surface area contributed by atoms with E-state index in [-0.39, 0.29) is 5.56 Å². The molecule has 0 aliphatic carbocycles. The van der Waals surface area contributed by atoms with Gasteiger partial charge < -0.3 is 9.40 Å². The maximum atomic E-state index is 12.1. The van der Waals surface area contributed by atoms with E-state index in [2.05, 4.69) is 20.2 Å². The van der Waals surface area contributed by atoms with Crippen LogP contribution in [-0.2, 0) is 11.5 Å². The Balaban J connectivity index is 1.81.